The van der Waals surface area contributed by atoms with Gasteiger partial charge in [0.2, 0.25) is 0 Å². The van der Waals surface area contributed by atoms with Gasteiger partial charge >= 0.3 is 0 Å². The molecule has 0 aromatic carbocycles. The summed E-state index contributed by atoms with van der Waals surface area (Å²) in [6.07, 6.45) is 5.63. The Morgan fingerprint density at radius 1 is 1.33 bits per heavy atom. The molecule has 0 fully saturated rings. The molecule has 0 saturated heterocycles. The molecule has 0 aromatic rings. The van der Waals surface area contributed by atoms with Gasteiger partial charge in [0.05, 0.1) is 6.10 Å². The van der Waals surface area contributed by atoms with Crippen LogP contribution in [0.4, 0.5) is 0 Å². The Morgan fingerprint density at radius 2 is 1.89 bits per heavy atom. The maximum absolute atomic E-state index is 8.81. The quantitative estimate of drug-likeness (QED) is 0.361. The van der Waals surface area contributed by atoms with Crippen LogP contribution in [0.1, 0.15) is 0 Å². The van der Waals surface area contributed by atoms with E-state index in [2.05, 4.69) is 5.16 Å². The lowest BCUT2D eigenvalue weighted by Crippen LogP contribution is -2.04. The molecule has 3 nitrogen and oxygen atoms in total. The van der Waals surface area contributed by atoms with E-state index in [9.17, 15) is 0 Å². The zero-order valence-corrected chi connectivity index (χ0v) is 4.73. The molecule has 3 heteroatoms. The van der Waals surface area contributed by atoms with Gasteiger partial charge in [0, 0.05) is 0 Å². The van der Waals surface area contributed by atoms with Crippen LogP contribution in [-0.2, 0) is 0 Å². The molecule has 1 aliphatic rings. The molecule has 1 aliphatic carbocycles. The molecule has 0 spiro atoms. The van der Waals surface area contributed by atoms with Gasteiger partial charge < -0.3 is 10.3 Å². The van der Waals surface area contributed by atoms with Crippen LogP contribution in [0.15, 0.2) is 29.5 Å². The van der Waals surface area contributed by atoms with Crippen LogP contribution >= 0.6 is 0 Å². The minimum absolute atomic E-state index is 0.459. The minimum Gasteiger partial charge on any atom is -0.410 e. The van der Waals surface area contributed by atoms with Gasteiger partial charge in [-0.1, -0.05) is 17.3 Å². The number of aliphatic hydroxyl groups is 1. The highest BCUT2D eigenvalue weighted by molar-refractivity contribution is 6.04. The molecule has 0 saturated carbocycles. The fraction of sp³-hybridized carbons (Fsp3) is 0.167. The Bertz CT molecular complexity index is 165. The van der Waals surface area contributed by atoms with Crippen molar-refractivity contribution in [2.24, 2.45) is 5.16 Å². The third-order valence-electron chi connectivity index (χ3n) is 1.04. The average Bonchev–Trinajstić information content (AvgIpc) is 1.90. The van der Waals surface area contributed by atoms with Gasteiger partial charge in [-0.2, -0.15) is 0 Å². The standard InChI is InChI=1S/C6H7NO2/c8-6-3-1-5(7-9)2-4-6/h1-4,6,8-9H. The van der Waals surface area contributed by atoms with Crippen LogP contribution in [0, 0.1) is 0 Å². The lowest BCUT2D eigenvalue weighted by atomic mass is 10.1. The van der Waals surface area contributed by atoms with E-state index in [-0.39, 0.29) is 0 Å². The summed E-state index contributed by atoms with van der Waals surface area (Å²) in [6, 6.07) is 0. The molecule has 0 atom stereocenters. The summed E-state index contributed by atoms with van der Waals surface area (Å²) in [5.41, 5.74) is 0.459. The number of allylic oxidation sites excluding steroid dienone is 2. The Morgan fingerprint density at radius 3 is 2.33 bits per heavy atom. The van der Waals surface area contributed by atoms with Crippen molar-refractivity contribution in [3.63, 3.8) is 0 Å². The second-order valence-electron chi connectivity index (χ2n) is 1.73. The molecule has 9 heavy (non-hydrogen) atoms. The third-order valence-corrected chi connectivity index (χ3v) is 1.04. The molecular formula is C6H7NO2. The molecule has 0 bridgehead atoms. The molecule has 0 unspecified atom stereocenters. The average molecular weight is 125 g/mol. The van der Waals surface area contributed by atoms with Crippen molar-refractivity contribution in [3.8, 4) is 0 Å². The van der Waals surface area contributed by atoms with Gasteiger partial charge in [0.25, 0.3) is 0 Å². The van der Waals surface area contributed by atoms with Gasteiger partial charge in [-0.05, 0) is 12.2 Å². The summed E-state index contributed by atoms with van der Waals surface area (Å²) < 4.78 is 0. The summed E-state index contributed by atoms with van der Waals surface area (Å²) >= 11 is 0. The lowest BCUT2D eigenvalue weighted by molar-refractivity contribution is 0.271. The van der Waals surface area contributed by atoms with Crippen molar-refractivity contribution < 1.29 is 10.3 Å². The first-order valence-electron chi connectivity index (χ1n) is 2.59. The molecule has 0 amide bonds. The van der Waals surface area contributed by atoms with Crippen LogP contribution < -0.4 is 0 Å². The van der Waals surface area contributed by atoms with E-state index in [0.717, 1.165) is 0 Å². The van der Waals surface area contributed by atoms with Gasteiger partial charge in [0.15, 0.2) is 0 Å². The van der Waals surface area contributed by atoms with Crippen LogP contribution in [0.5, 0.6) is 0 Å². The largest absolute Gasteiger partial charge is 0.410 e. The SMILES string of the molecule is ON=C1C=CC(O)C=C1. The fourth-order valence-electron chi connectivity index (χ4n) is 0.581. The Balaban J connectivity index is 2.70. The van der Waals surface area contributed by atoms with Crippen LogP contribution in [-0.4, -0.2) is 22.1 Å². The zero-order valence-electron chi connectivity index (χ0n) is 4.73. The lowest BCUT2D eigenvalue weighted by Gasteiger charge is -2.01. The van der Waals surface area contributed by atoms with E-state index >= 15 is 0 Å². The summed E-state index contributed by atoms with van der Waals surface area (Å²) in [4.78, 5) is 0. The first kappa shape index (κ1) is 6.04. The number of aliphatic hydroxyl groups excluding tert-OH is 1. The topological polar surface area (TPSA) is 52.8 Å². The van der Waals surface area contributed by atoms with Gasteiger partial charge in [-0.25, -0.2) is 0 Å². The highest BCUT2D eigenvalue weighted by Crippen LogP contribution is 1.98. The van der Waals surface area contributed by atoms with Crippen molar-refractivity contribution in [2.45, 2.75) is 6.10 Å². The Hall–Kier alpha value is -1.09. The van der Waals surface area contributed by atoms with E-state index in [1.54, 1.807) is 12.2 Å². The molecule has 48 valence electrons. The number of nitrogens with zero attached hydrogens (tertiary/aromatic N) is 1. The minimum atomic E-state index is -0.532. The Kier molecular flexibility index (Phi) is 1.65. The second-order valence-corrected chi connectivity index (χ2v) is 1.73. The van der Waals surface area contributed by atoms with E-state index in [1.807, 2.05) is 0 Å². The highest BCUT2D eigenvalue weighted by Gasteiger charge is 1.99. The van der Waals surface area contributed by atoms with Crippen molar-refractivity contribution in [3.05, 3.63) is 24.3 Å². The third kappa shape index (κ3) is 1.40. The molecule has 0 aliphatic heterocycles. The normalized spacial score (nSPS) is 24.6. The zero-order chi connectivity index (χ0) is 6.69. The highest BCUT2D eigenvalue weighted by atomic mass is 16.4. The number of hydrogen-bond acceptors (Lipinski definition) is 3. The summed E-state index contributed by atoms with van der Waals surface area (Å²) in [5.74, 6) is 0. The molecular weight excluding hydrogens is 118 g/mol. The number of hydrogen-bond donors (Lipinski definition) is 2. The number of rotatable bonds is 0. The van der Waals surface area contributed by atoms with E-state index in [0.29, 0.717) is 5.71 Å². The van der Waals surface area contributed by atoms with Crippen LogP contribution in [0.3, 0.4) is 0 Å². The van der Waals surface area contributed by atoms with Crippen molar-refractivity contribution in [1.82, 2.24) is 0 Å². The summed E-state index contributed by atoms with van der Waals surface area (Å²) in [5, 5.41) is 19.9. The Labute approximate surface area is 52.6 Å². The maximum Gasteiger partial charge on any atom is 0.102 e. The fourth-order valence-corrected chi connectivity index (χ4v) is 0.581. The van der Waals surface area contributed by atoms with Gasteiger partial charge in [-0.15, -0.1) is 0 Å². The second kappa shape index (κ2) is 2.46. The van der Waals surface area contributed by atoms with E-state index < -0.39 is 6.10 Å². The molecule has 1 rings (SSSR count). The van der Waals surface area contributed by atoms with Crippen LogP contribution in [0.2, 0.25) is 0 Å². The molecule has 0 aromatic heterocycles. The van der Waals surface area contributed by atoms with Crippen molar-refractivity contribution in [2.75, 3.05) is 0 Å². The van der Waals surface area contributed by atoms with Gasteiger partial charge in [-0.3, -0.25) is 0 Å². The van der Waals surface area contributed by atoms with E-state index in [1.165, 1.54) is 12.2 Å². The molecule has 0 heterocycles. The number of oxime groups is 1. The first-order valence-corrected chi connectivity index (χ1v) is 2.59. The first-order chi connectivity index (χ1) is 4.33. The van der Waals surface area contributed by atoms with Crippen molar-refractivity contribution >= 4 is 5.71 Å². The molecule has 2 N–H and O–H groups in total. The molecule has 0 radical (unpaired) electrons. The van der Waals surface area contributed by atoms with Crippen LogP contribution in [0.25, 0.3) is 0 Å². The predicted octanol–water partition coefficient (Wildman–Crippen LogP) is 0.303. The predicted molar refractivity (Wildman–Crippen MR) is 33.5 cm³/mol. The van der Waals surface area contributed by atoms with Crippen molar-refractivity contribution in [1.29, 1.82) is 0 Å². The summed E-state index contributed by atoms with van der Waals surface area (Å²) in [6.45, 7) is 0. The summed E-state index contributed by atoms with van der Waals surface area (Å²) in [7, 11) is 0. The smallest absolute Gasteiger partial charge is 0.102 e. The van der Waals surface area contributed by atoms with E-state index in [4.69, 9.17) is 10.3 Å². The monoisotopic (exact) mass is 125 g/mol. The maximum atomic E-state index is 8.81. The van der Waals surface area contributed by atoms with Gasteiger partial charge in [0.1, 0.15) is 5.71 Å².